The fourth-order valence-electron chi connectivity index (χ4n) is 4.55. The molecule has 1 atom stereocenters. The molecule has 2 heterocycles. The minimum Gasteiger partial charge on any atom is -0.507 e. The van der Waals surface area contributed by atoms with Gasteiger partial charge in [0.25, 0.3) is 0 Å². The first kappa shape index (κ1) is 19.1. The van der Waals surface area contributed by atoms with Gasteiger partial charge in [0.15, 0.2) is 6.04 Å². The first-order chi connectivity index (χ1) is 13.1. The van der Waals surface area contributed by atoms with Crippen LogP contribution in [0.15, 0.2) is 36.4 Å². The number of benzene rings is 2. The van der Waals surface area contributed by atoms with Crippen molar-refractivity contribution in [1.82, 2.24) is 4.98 Å². The zero-order valence-electron chi connectivity index (χ0n) is 18.0. The fourth-order valence-corrected chi connectivity index (χ4v) is 4.55. The Labute approximate surface area is 168 Å². The molecule has 0 amide bonds. The van der Waals surface area contributed by atoms with Gasteiger partial charge in [0.1, 0.15) is 5.75 Å². The van der Waals surface area contributed by atoms with Crippen LogP contribution in [0.1, 0.15) is 75.5 Å². The summed E-state index contributed by atoms with van der Waals surface area (Å²) in [5.41, 5.74) is 7.11. The number of hydrogen-bond acceptors (Lipinski definition) is 1. The van der Waals surface area contributed by atoms with Gasteiger partial charge in [-0.05, 0) is 34.6 Å². The van der Waals surface area contributed by atoms with Crippen LogP contribution in [0.5, 0.6) is 5.75 Å². The molecular formula is C25H33N2O+. The van der Waals surface area contributed by atoms with Crippen LogP contribution in [0.2, 0.25) is 0 Å². The number of fused-ring (bicyclic) bond motifs is 3. The second kappa shape index (κ2) is 6.38. The van der Waals surface area contributed by atoms with Gasteiger partial charge in [-0.2, -0.15) is 0 Å². The molecule has 2 aromatic carbocycles. The summed E-state index contributed by atoms with van der Waals surface area (Å²) in [5.74, 6) is 0.455. The van der Waals surface area contributed by atoms with Crippen LogP contribution < -0.4 is 5.32 Å². The first-order valence-electron chi connectivity index (χ1n) is 10.4. The molecule has 0 bridgehead atoms. The summed E-state index contributed by atoms with van der Waals surface area (Å²) in [6.45, 7) is 14.1. The number of aromatic hydroxyl groups is 1. The van der Waals surface area contributed by atoms with Crippen LogP contribution in [-0.4, -0.2) is 16.6 Å². The van der Waals surface area contributed by atoms with Crippen LogP contribution in [0.25, 0.3) is 10.9 Å². The molecule has 0 saturated heterocycles. The maximum absolute atomic E-state index is 11.1. The summed E-state index contributed by atoms with van der Waals surface area (Å²) in [4.78, 5) is 3.70. The van der Waals surface area contributed by atoms with E-state index in [-0.39, 0.29) is 16.9 Å². The monoisotopic (exact) mass is 377 g/mol. The van der Waals surface area contributed by atoms with Gasteiger partial charge in [0.05, 0.1) is 12.2 Å². The number of para-hydroxylation sites is 1. The van der Waals surface area contributed by atoms with E-state index in [4.69, 9.17) is 0 Å². The number of hydrogen-bond donors (Lipinski definition) is 3. The lowest BCUT2D eigenvalue weighted by molar-refractivity contribution is -0.690. The molecule has 4 N–H and O–H groups in total. The smallest absolute Gasteiger partial charge is 0.153 e. The van der Waals surface area contributed by atoms with Gasteiger partial charge >= 0.3 is 0 Å². The van der Waals surface area contributed by atoms with Crippen molar-refractivity contribution in [2.75, 3.05) is 6.54 Å². The summed E-state index contributed by atoms with van der Waals surface area (Å²) >= 11 is 0. The Kier molecular flexibility index (Phi) is 4.35. The molecule has 3 heteroatoms. The zero-order valence-corrected chi connectivity index (χ0v) is 18.0. The number of phenolic OH excluding ortho intramolecular Hbond substituents is 1. The summed E-state index contributed by atoms with van der Waals surface area (Å²) in [6, 6.07) is 13.3. The molecule has 3 nitrogen and oxygen atoms in total. The Bertz CT molecular complexity index is 996. The van der Waals surface area contributed by atoms with Crippen LogP contribution in [0.3, 0.4) is 0 Å². The Morgan fingerprint density at radius 2 is 1.57 bits per heavy atom. The fraction of sp³-hybridized carbons (Fsp3) is 0.440. The van der Waals surface area contributed by atoms with Crippen molar-refractivity contribution >= 4 is 10.9 Å². The largest absolute Gasteiger partial charge is 0.507 e. The highest BCUT2D eigenvalue weighted by molar-refractivity contribution is 5.85. The molecule has 0 radical (unpaired) electrons. The lowest BCUT2D eigenvalue weighted by atomic mass is 9.77. The average Bonchev–Trinajstić information content (AvgIpc) is 2.99. The number of phenols is 1. The highest BCUT2D eigenvalue weighted by Gasteiger charge is 2.33. The van der Waals surface area contributed by atoms with E-state index >= 15 is 0 Å². The average molecular weight is 378 g/mol. The molecule has 1 aromatic heterocycles. The minimum atomic E-state index is -0.113. The topological polar surface area (TPSA) is 52.6 Å². The summed E-state index contributed by atoms with van der Waals surface area (Å²) in [5, 5.41) is 14.9. The van der Waals surface area contributed by atoms with Crippen molar-refractivity contribution in [2.24, 2.45) is 0 Å². The van der Waals surface area contributed by atoms with Crippen LogP contribution >= 0.6 is 0 Å². The molecule has 0 spiro atoms. The molecule has 0 saturated carbocycles. The van der Waals surface area contributed by atoms with Crippen LogP contribution in [0.4, 0.5) is 0 Å². The van der Waals surface area contributed by atoms with Crippen molar-refractivity contribution in [3.63, 3.8) is 0 Å². The quantitative estimate of drug-likeness (QED) is 0.567. The molecule has 4 rings (SSSR count). The first-order valence-corrected chi connectivity index (χ1v) is 10.4. The number of nitrogens with two attached hydrogens (primary N) is 1. The molecule has 148 valence electrons. The highest BCUT2D eigenvalue weighted by Crippen LogP contribution is 2.42. The SMILES string of the molecule is CC(C)(C)c1cc([C@H]2[NH2+]CCc3c2[nH]c2ccccc32)cc(C(C)(C)C)c1O. The Morgan fingerprint density at radius 1 is 0.964 bits per heavy atom. The highest BCUT2D eigenvalue weighted by atomic mass is 16.3. The maximum atomic E-state index is 11.1. The van der Waals surface area contributed by atoms with Gasteiger partial charge in [-0.1, -0.05) is 59.7 Å². The van der Waals surface area contributed by atoms with Crippen LogP contribution in [-0.2, 0) is 17.3 Å². The predicted octanol–water partition coefficient (Wildman–Crippen LogP) is 4.68. The maximum Gasteiger partial charge on any atom is 0.153 e. The number of nitrogens with one attached hydrogen (secondary N) is 1. The third-order valence-corrected chi connectivity index (χ3v) is 6.06. The van der Waals surface area contributed by atoms with Crippen molar-refractivity contribution in [1.29, 1.82) is 0 Å². The number of quaternary nitrogens is 1. The summed E-state index contributed by atoms with van der Waals surface area (Å²) in [6.07, 6.45) is 1.09. The number of aromatic amines is 1. The summed E-state index contributed by atoms with van der Waals surface area (Å²) < 4.78 is 0. The van der Waals surface area contributed by atoms with Gasteiger partial charge in [0.2, 0.25) is 0 Å². The zero-order chi connectivity index (χ0) is 20.3. The third kappa shape index (κ3) is 3.12. The number of H-pyrrole nitrogens is 1. The summed E-state index contributed by atoms with van der Waals surface area (Å²) in [7, 11) is 0. The van der Waals surface area contributed by atoms with Crippen molar-refractivity contribution in [3.8, 4) is 5.75 Å². The molecule has 28 heavy (non-hydrogen) atoms. The Hall–Kier alpha value is -2.26. The second-order valence-electron chi connectivity index (χ2n) is 10.3. The molecule has 0 unspecified atom stereocenters. The lowest BCUT2D eigenvalue weighted by Gasteiger charge is -2.30. The van der Waals surface area contributed by atoms with E-state index in [2.05, 4.69) is 88.2 Å². The molecule has 1 aliphatic heterocycles. The standard InChI is InChI=1S/C25H32N2O/c1-24(2,3)18-13-15(14-19(23(18)28)25(4,5)6)21-22-17(11-12-26-21)16-9-7-8-10-20(16)27-22/h7-10,13-14,21,26-28H,11-12H2,1-6H3/p+1/t21-/m1/s1. The molecular weight excluding hydrogens is 344 g/mol. The van der Waals surface area contributed by atoms with Gasteiger partial charge in [-0.3, -0.25) is 0 Å². The van der Waals surface area contributed by atoms with E-state index in [1.54, 1.807) is 0 Å². The molecule has 0 aliphatic carbocycles. The van der Waals surface area contributed by atoms with E-state index in [1.807, 2.05) is 0 Å². The van der Waals surface area contributed by atoms with E-state index in [0.717, 1.165) is 24.1 Å². The Balaban J connectivity index is 1.94. The lowest BCUT2D eigenvalue weighted by Crippen LogP contribution is -2.87. The van der Waals surface area contributed by atoms with E-state index in [1.165, 1.54) is 27.7 Å². The van der Waals surface area contributed by atoms with Crippen molar-refractivity contribution in [2.45, 2.75) is 64.8 Å². The van der Waals surface area contributed by atoms with Gasteiger partial charge in [-0.15, -0.1) is 0 Å². The van der Waals surface area contributed by atoms with Gasteiger partial charge in [-0.25, -0.2) is 0 Å². The molecule has 1 aliphatic rings. The number of aromatic nitrogens is 1. The van der Waals surface area contributed by atoms with E-state index < -0.39 is 0 Å². The van der Waals surface area contributed by atoms with E-state index in [9.17, 15) is 5.11 Å². The van der Waals surface area contributed by atoms with Crippen molar-refractivity contribution < 1.29 is 10.4 Å². The van der Waals surface area contributed by atoms with Gasteiger partial charge in [0, 0.05) is 34.0 Å². The molecule has 3 aromatic rings. The normalized spacial score (nSPS) is 17.7. The van der Waals surface area contributed by atoms with E-state index in [0.29, 0.717) is 5.75 Å². The second-order valence-corrected chi connectivity index (χ2v) is 10.3. The van der Waals surface area contributed by atoms with Gasteiger partial charge < -0.3 is 15.4 Å². The Morgan fingerprint density at radius 3 is 2.18 bits per heavy atom. The van der Waals surface area contributed by atoms with Crippen LogP contribution in [0, 0.1) is 0 Å². The minimum absolute atomic E-state index is 0.113. The third-order valence-electron chi connectivity index (χ3n) is 6.06. The predicted molar refractivity (Wildman–Crippen MR) is 116 cm³/mol. The van der Waals surface area contributed by atoms with Crippen molar-refractivity contribution in [3.05, 3.63) is 64.3 Å². The molecule has 0 fully saturated rings. The number of rotatable bonds is 1.